The predicted octanol–water partition coefficient (Wildman–Crippen LogP) is 3.27. The smallest absolute Gasteiger partial charge is 0.0839 e. The predicted molar refractivity (Wildman–Crippen MR) is 70.1 cm³/mol. The van der Waals surface area contributed by atoms with Crippen LogP contribution in [0.15, 0.2) is 24.3 Å². The van der Waals surface area contributed by atoms with Crippen LogP contribution < -0.4 is 4.90 Å². The zero-order chi connectivity index (χ0) is 11.2. The Morgan fingerprint density at radius 2 is 1.88 bits per heavy atom. The molecule has 0 aromatic heterocycles. The third kappa shape index (κ3) is 2.71. The molecule has 2 heteroatoms. The molecule has 1 aliphatic heterocycles. The van der Waals surface area contributed by atoms with E-state index in [0.29, 0.717) is 5.88 Å². The molecule has 0 amide bonds. The van der Waals surface area contributed by atoms with E-state index in [1.165, 1.54) is 24.9 Å². The van der Waals surface area contributed by atoms with Gasteiger partial charge >= 0.3 is 0 Å². The van der Waals surface area contributed by atoms with Gasteiger partial charge in [0.05, 0.1) is 11.6 Å². The van der Waals surface area contributed by atoms with Gasteiger partial charge in [-0.3, -0.25) is 0 Å². The fraction of sp³-hybridized carbons (Fsp3) is 0.429. The SMILES string of the molecule is ClCC#Cc1ccccc1N1CCCCC1. The molecule has 16 heavy (non-hydrogen) atoms. The molecule has 1 aromatic carbocycles. The summed E-state index contributed by atoms with van der Waals surface area (Å²) in [4.78, 5) is 2.43. The average molecular weight is 234 g/mol. The maximum Gasteiger partial charge on any atom is 0.0839 e. The molecule has 1 saturated heterocycles. The first kappa shape index (κ1) is 11.4. The highest BCUT2D eigenvalue weighted by Crippen LogP contribution is 2.23. The van der Waals surface area contributed by atoms with Gasteiger partial charge in [0, 0.05) is 18.7 Å². The summed E-state index contributed by atoms with van der Waals surface area (Å²) in [6.07, 6.45) is 3.93. The highest BCUT2D eigenvalue weighted by atomic mass is 35.5. The van der Waals surface area contributed by atoms with Crippen molar-refractivity contribution in [2.24, 2.45) is 0 Å². The van der Waals surface area contributed by atoms with Gasteiger partial charge < -0.3 is 4.90 Å². The van der Waals surface area contributed by atoms with Crippen LogP contribution in [0.25, 0.3) is 0 Å². The minimum absolute atomic E-state index is 0.397. The summed E-state index contributed by atoms with van der Waals surface area (Å²) >= 11 is 5.60. The van der Waals surface area contributed by atoms with E-state index in [2.05, 4.69) is 34.9 Å². The Morgan fingerprint density at radius 1 is 1.12 bits per heavy atom. The number of alkyl halides is 1. The van der Waals surface area contributed by atoms with E-state index in [1.54, 1.807) is 0 Å². The summed E-state index contributed by atoms with van der Waals surface area (Å²) in [5.41, 5.74) is 2.37. The summed E-state index contributed by atoms with van der Waals surface area (Å²) in [5, 5.41) is 0. The van der Waals surface area contributed by atoms with Crippen molar-refractivity contribution in [3.05, 3.63) is 29.8 Å². The first-order valence-electron chi connectivity index (χ1n) is 5.80. The third-order valence-corrected chi connectivity index (χ3v) is 3.02. The lowest BCUT2D eigenvalue weighted by atomic mass is 10.1. The van der Waals surface area contributed by atoms with Gasteiger partial charge in [-0.25, -0.2) is 0 Å². The average Bonchev–Trinajstić information content (AvgIpc) is 2.38. The lowest BCUT2D eigenvalue weighted by Gasteiger charge is -2.29. The Bertz CT molecular complexity index is 397. The van der Waals surface area contributed by atoms with E-state index in [1.807, 2.05) is 6.07 Å². The van der Waals surface area contributed by atoms with Crippen molar-refractivity contribution in [3.8, 4) is 11.8 Å². The molecule has 1 aromatic rings. The number of para-hydroxylation sites is 1. The highest BCUT2D eigenvalue weighted by Gasteiger charge is 2.12. The van der Waals surface area contributed by atoms with E-state index in [9.17, 15) is 0 Å². The van der Waals surface area contributed by atoms with Gasteiger partial charge in [-0.2, -0.15) is 0 Å². The van der Waals surface area contributed by atoms with Crippen molar-refractivity contribution in [1.29, 1.82) is 0 Å². The van der Waals surface area contributed by atoms with Crippen LogP contribution in [0.3, 0.4) is 0 Å². The number of rotatable bonds is 1. The van der Waals surface area contributed by atoms with Crippen molar-refractivity contribution in [2.75, 3.05) is 23.9 Å². The van der Waals surface area contributed by atoms with Gasteiger partial charge in [-0.15, -0.1) is 11.6 Å². The number of hydrogen-bond acceptors (Lipinski definition) is 1. The van der Waals surface area contributed by atoms with E-state index in [-0.39, 0.29) is 0 Å². The highest BCUT2D eigenvalue weighted by molar-refractivity contribution is 6.19. The molecule has 0 aliphatic carbocycles. The second kappa shape index (κ2) is 5.82. The molecule has 0 unspecified atom stereocenters. The largest absolute Gasteiger partial charge is 0.371 e. The molecule has 0 bridgehead atoms. The van der Waals surface area contributed by atoms with Gasteiger partial charge in [0.1, 0.15) is 0 Å². The topological polar surface area (TPSA) is 3.24 Å². The molecule has 2 rings (SSSR count). The van der Waals surface area contributed by atoms with Crippen molar-refractivity contribution < 1.29 is 0 Å². The molecular formula is C14H16ClN. The Labute approximate surface area is 102 Å². The van der Waals surface area contributed by atoms with Crippen LogP contribution in [0.4, 0.5) is 5.69 Å². The second-order valence-corrected chi connectivity index (χ2v) is 4.27. The fourth-order valence-corrected chi connectivity index (χ4v) is 2.19. The summed E-state index contributed by atoms with van der Waals surface area (Å²) in [6, 6.07) is 8.34. The Balaban J connectivity index is 2.24. The van der Waals surface area contributed by atoms with Gasteiger partial charge in [-0.05, 0) is 31.4 Å². The Morgan fingerprint density at radius 3 is 2.62 bits per heavy atom. The van der Waals surface area contributed by atoms with Gasteiger partial charge in [0.2, 0.25) is 0 Å². The van der Waals surface area contributed by atoms with E-state index < -0.39 is 0 Å². The molecule has 1 fully saturated rings. The van der Waals surface area contributed by atoms with Crippen LogP contribution in [0, 0.1) is 11.8 Å². The summed E-state index contributed by atoms with van der Waals surface area (Å²) < 4.78 is 0. The molecular weight excluding hydrogens is 218 g/mol. The molecule has 0 saturated carbocycles. The lowest BCUT2D eigenvalue weighted by Crippen LogP contribution is -2.29. The third-order valence-electron chi connectivity index (χ3n) is 2.89. The zero-order valence-electron chi connectivity index (χ0n) is 9.38. The van der Waals surface area contributed by atoms with Gasteiger partial charge in [-0.1, -0.05) is 24.0 Å². The molecule has 0 N–H and O–H groups in total. The molecule has 84 valence electrons. The minimum Gasteiger partial charge on any atom is -0.371 e. The van der Waals surface area contributed by atoms with Crippen molar-refractivity contribution in [1.82, 2.24) is 0 Å². The molecule has 0 radical (unpaired) electrons. The van der Waals surface area contributed by atoms with Crippen LogP contribution in [-0.4, -0.2) is 19.0 Å². The lowest BCUT2D eigenvalue weighted by molar-refractivity contribution is 0.577. The summed E-state index contributed by atoms with van der Waals surface area (Å²) in [6.45, 7) is 2.30. The maximum absolute atomic E-state index is 5.60. The van der Waals surface area contributed by atoms with Crippen molar-refractivity contribution in [3.63, 3.8) is 0 Å². The first-order valence-corrected chi connectivity index (χ1v) is 6.34. The number of hydrogen-bond donors (Lipinski definition) is 0. The first-order chi connectivity index (χ1) is 7.92. The Kier molecular flexibility index (Phi) is 4.13. The van der Waals surface area contributed by atoms with E-state index >= 15 is 0 Å². The van der Waals surface area contributed by atoms with Crippen LogP contribution >= 0.6 is 11.6 Å². The Hall–Kier alpha value is -1.13. The van der Waals surface area contributed by atoms with Crippen LogP contribution in [0.5, 0.6) is 0 Å². The van der Waals surface area contributed by atoms with Crippen LogP contribution in [0.2, 0.25) is 0 Å². The quantitative estimate of drug-likeness (QED) is 0.532. The normalized spacial score (nSPS) is 15.4. The molecule has 1 heterocycles. The molecule has 1 aliphatic rings. The van der Waals surface area contributed by atoms with Crippen molar-refractivity contribution >= 4 is 17.3 Å². The second-order valence-electron chi connectivity index (χ2n) is 4.00. The van der Waals surface area contributed by atoms with Crippen LogP contribution in [-0.2, 0) is 0 Å². The monoisotopic (exact) mass is 233 g/mol. The maximum atomic E-state index is 5.60. The number of nitrogens with zero attached hydrogens (tertiary/aromatic N) is 1. The van der Waals surface area contributed by atoms with E-state index in [4.69, 9.17) is 11.6 Å². The molecule has 1 nitrogen and oxygen atoms in total. The number of anilines is 1. The standard InChI is InChI=1S/C14H16ClN/c15-10-6-8-13-7-2-3-9-14(13)16-11-4-1-5-12-16/h2-3,7,9H,1,4-5,10-12H2. The number of benzene rings is 1. The number of halogens is 1. The van der Waals surface area contributed by atoms with Crippen molar-refractivity contribution in [2.45, 2.75) is 19.3 Å². The van der Waals surface area contributed by atoms with Crippen LogP contribution in [0.1, 0.15) is 24.8 Å². The minimum atomic E-state index is 0.397. The van der Waals surface area contributed by atoms with Gasteiger partial charge in [0.25, 0.3) is 0 Å². The summed E-state index contributed by atoms with van der Waals surface area (Å²) in [5.74, 6) is 6.47. The fourth-order valence-electron chi connectivity index (χ4n) is 2.12. The molecule has 0 spiro atoms. The molecule has 0 atom stereocenters. The summed E-state index contributed by atoms with van der Waals surface area (Å²) in [7, 11) is 0. The number of piperidine rings is 1. The zero-order valence-corrected chi connectivity index (χ0v) is 10.1. The van der Waals surface area contributed by atoms with E-state index in [0.717, 1.165) is 18.7 Å². The van der Waals surface area contributed by atoms with Gasteiger partial charge in [0.15, 0.2) is 0 Å².